The molecule has 0 radical (unpaired) electrons. The van der Waals surface area contributed by atoms with Crippen molar-refractivity contribution in [3.05, 3.63) is 24.3 Å². The molecule has 0 fully saturated rings. The highest BCUT2D eigenvalue weighted by atomic mass is 19.1. The number of hydrogen-bond donors (Lipinski definition) is 3. The molecule has 0 aliphatic carbocycles. The lowest BCUT2D eigenvalue weighted by Gasteiger charge is -2.14. The second-order valence-electron chi connectivity index (χ2n) is 4.41. The first-order chi connectivity index (χ1) is 10.9. The van der Waals surface area contributed by atoms with Gasteiger partial charge in [0.25, 0.3) is 0 Å². The van der Waals surface area contributed by atoms with Crippen LogP contribution in [0.15, 0.2) is 24.3 Å². The molecule has 9 heteroatoms. The van der Waals surface area contributed by atoms with Crippen LogP contribution in [0.25, 0.3) is 0 Å². The van der Waals surface area contributed by atoms with E-state index in [-0.39, 0.29) is 5.69 Å². The summed E-state index contributed by atoms with van der Waals surface area (Å²) in [4.78, 5) is 45.2. The van der Waals surface area contributed by atoms with E-state index in [1.54, 1.807) is 12.1 Å². The molecule has 2 amide bonds. The third-order valence-corrected chi connectivity index (χ3v) is 2.76. The zero-order valence-corrected chi connectivity index (χ0v) is 12.2. The maximum absolute atomic E-state index is 12.4. The van der Waals surface area contributed by atoms with Crippen LogP contribution in [-0.2, 0) is 19.2 Å². The van der Waals surface area contributed by atoms with Crippen molar-refractivity contribution in [2.24, 2.45) is 0 Å². The van der Waals surface area contributed by atoms with E-state index in [4.69, 9.17) is 9.84 Å². The van der Waals surface area contributed by atoms with Gasteiger partial charge >= 0.3 is 17.8 Å². The SMILES string of the molecule is COc1ccc(NC(=O)C(=O)NC(CC(=O)O)C(=O)CF)cc1. The quantitative estimate of drug-likeness (QED) is 0.612. The van der Waals surface area contributed by atoms with Gasteiger partial charge in [0.05, 0.1) is 13.5 Å². The van der Waals surface area contributed by atoms with Gasteiger partial charge < -0.3 is 20.5 Å². The Hall–Kier alpha value is -2.97. The molecule has 0 saturated heterocycles. The lowest BCUT2D eigenvalue weighted by molar-refractivity contribution is -0.142. The fraction of sp³-hybridized carbons (Fsp3) is 0.286. The van der Waals surface area contributed by atoms with Crippen LogP contribution in [0.4, 0.5) is 10.1 Å². The number of carboxylic acids is 1. The van der Waals surface area contributed by atoms with E-state index in [1.807, 2.05) is 5.32 Å². The average molecular weight is 326 g/mol. The van der Waals surface area contributed by atoms with E-state index in [2.05, 4.69) is 5.32 Å². The molecule has 0 saturated carbocycles. The third kappa shape index (κ3) is 5.73. The van der Waals surface area contributed by atoms with Gasteiger partial charge in [-0.25, -0.2) is 4.39 Å². The zero-order chi connectivity index (χ0) is 17.4. The molecule has 8 nitrogen and oxygen atoms in total. The van der Waals surface area contributed by atoms with Crippen molar-refractivity contribution in [2.45, 2.75) is 12.5 Å². The van der Waals surface area contributed by atoms with Gasteiger partial charge in [0, 0.05) is 5.69 Å². The molecule has 1 aromatic rings. The van der Waals surface area contributed by atoms with Gasteiger partial charge in [-0.15, -0.1) is 0 Å². The number of benzene rings is 1. The molecule has 0 bridgehead atoms. The minimum Gasteiger partial charge on any atom is -0.497 e. The van der Waals surface area contributed by atoms with Crippen LogP contribution >= 0.6 is 0 Å². The van der Waals surface area contributed by atoms with Crippen molar-refractivity contribution >= 4 is 29.3 Å². The Bertz CT molecular complexity index is 602. The molecular weight excluding hydrogens is 311 g/mol. The number of ether oxygens (including phenoxy) is 1. The summed E-state index contributed by atoms with van der Waals surface area (Å²) in [5, 5.41) is 12.8. The summed E-state index contributed by atoms with van der Waals surface area (Å²) in [6.07, 6.45) is -0.815. The lowest BCUT2D eigenvalue weighted by atomic mass is 10.1. The number of ketones is 1. The van der Waals surface area contributed by atoms with Crippen molar-refractivity contribution < 1.29 is 33.4 Å². The van der Waals surface area contributed by atoms with Gasteiger partial charge in [-0.05, 0) is 24.3 Å². The summed E-state index contributed by atoms with van der Waals surface area (Å²) < 4.78 is 17.3. The maximum atomic E-state index is 12.4. The molecule has 3 N–H and O–H groups in total. The molecule has 0 spiro atoms. The van der Waals surface area contributed by atoms with Crippen molar-refractivity contribution in [1.29, 1.82) is 0 Å². The number of carbonyl (C=O) groups excluding carboxylic acids is 3. The zero-order valence-electron chi connectivity index (χ0n) is 12.2. The largest absolute Gasteiger partial charge is 0.497 e. The van der Waals surface area contributed by atoms with E-state index in [0.717, 1.165) is 0 Å². The number of hydrogen-bond acceptors (Lipinski definition) is 5. The van der Waals surface area contributed by atoms with E-state index >= 15 is 0 Å². The van der Waals surface area contributed by atoms with Gasteiger partial charge in [0.1, 0.15) is 18.5 Å². The minimum absolute atomic E-state index is 0.289. The fourth-order valence-corrected chi connectivity index (χ4v) is 1.60. The highest BCUT2D eigenvalue weighted by Gasteiger charge is 2.26. The number of Topliss-reactive ketones (excluding diaryl/α,β-unsaturated/α-hetero) is 1. The summed E-state index contributed by atoms with van der Waals surface area (Å²) in [5.41, 5.74) is 0.289. The summed E-state index contributed by atoms with van der Waals surface area (Å²) in [6, 6.07) is 4.45. The van der Waals surface area contributed by atoms with Gasteiger partial charge in [0.15, 0.2) is 5.78 Å². The number of methoxy groups -OCH3 is 1. The summed E-state index contributed by atoms with van der Waals surface area (Å²) >= 11 is 0. The van der Waals surface area contributed by atoms with Crippen molar-refractivity contribution in [3.63, 3.8) is 0 Å². The lowest BCUT2D eigenvalue weighted by Crippen LogP contribution is -2.47. The summed E-state index contributed by atoms with van der Waals surface area (Å²) in [6.45, 7) is -1.45. The Morgan fingerprint density at radius 2 is 1.78 bits per heavy atom. The number of halogens is 1. The predicted octanol–water partition coefficient (Wildman–Crippen LogP) is 0.132. The number of aliphatic carboxylic acids is 1. The number of amides is 2. The van der Waals surface area contributed by atoms with Crippen molar-refractivity contribution in [3.8, 4) is 5.75 Å². The highest BCUT2D eigenvalue weighted by Crippen LogP contribution is 2.14. The monoisotopic (exact) mass is 326 g/mol. The normalized spacial score (nSPS) is 11.2. The Morgan fingerprint density at radius 3 is 2.26 bits per heavy atom. The standard InChI is InChI=1S/C14H15FN2O6/c1-23-9-4-2-8(3-5-9)16-13(21)14(22)17-10(6-12(19)20)11(18)7-15/h2-5,10H,6-7H2,1H3,(H,16,21)(H,17,22)(H,19,20). The highest BCUT2D eigenvalue weighted by molar-refractivity contribution is 6.40. The number of carbonyl (C=O) groups is 4. The van der Waals surface area contributed by atoms with Crippen LogP contribution in [0.2, 0.25) is 0 Å². The van der Waals surface area contributed by atoms with Crippen LogP contribution in [0.3, 0.4) is 0 Å². The Balaban J connectivity index is 2.68. The second kappa shape index (κ2) is 8.47. The first-order valence-electron chi connectivity index (χ1n) is 6.43. The molecular formula is C14H15FN2O6. The number of carboxylic acid groups (broad SMARTS) is 1. The Kier molecular flexibility index (Phi) is 6.66. The van der Waals surface area contributed by atoms with Crippen LogP contribution in [-0.4, -0.2) is 48.5 Å². The molecule has 1 unspecified atom stereocenters. The smallest absolute Gasteiger partial charge is 0.313 e. The number of alkyl halides is 1. The van der Waals surface area contributed by atoms with Gasteiger partial charge in [-0.2, -0.15) is 0 Å². The van der Waals surface area contributed by atoms with Crippen LogP contribution < -0.4 is 15.4 Å². The first kappa shape index (κ1) is 18.1. The van der Waals surface area contributed by atoms with Gasteiger partial charge in [-0.1, -0.05) is 0 Å². The third-order valence-electron chi connectivity index (χ3n) is 2.76. The Morgan fingerprint density at radius 1 is 1.17 bits per heavy atom. The van der Waals surface area contributed by atoms with E-state index in [9.17, 15) is 23.6 Å². The van der Waals surface area contributed by atoms with Crippen LogP contribution in [0.5, 0.6) is 5.75 Å². The fourth-order valence-electron chi connectivity index (χ4n) is 1.60. The number of rotatable bonds is 7. The molecule has 1 rings (SSSR count). The van der Waals surface area contributed by atoms with E-state index in [1.165, 1.54) is 19.2 Å². The molecule has 23 heavy (non-hydrogen) atoms. The van der Waals surface area contributed by atoms with E-state index in [0.29, 0.717) is 5.75 Å². The number of nitrogens with one attached hydrogen (secondary N) is 2. The van der Waals surface area contributed by atoms with Crippen molar-refractivity contribution in [2.75, 3.05) is 19.1 Å². The van der Waals surface area contributed by atoms with Crippen molar-refractivity contribution in [1.82, 2.24) is 5.32 Å². The average Bonchev–Trinajstić information content (AvgIpc) is 2.53. The van der Waals surface area contributed by atoms with Crippen LogP contribution in [0, 0.1) is 0 Å². The topological polar surface area (TPSA) is 122 Å². The molecule has 0 aliphatic heterocycles. The molecule has 0 aliphatic rings. The molecule has 1 atom stereocenters. The summed E-state index contributed by atoms with van der Waals surface area (Å²) in [5.74, 6) is -4.35. The first-order valence-corrected chi connectivity index (χ1v) is 6.43. The minimum atomic E-state index is -1.60. The molecule has 0 heterocycles. The van der Waals surface area contributed by atoms with Gasteiger partial charge in [0.2, 0.25) is 0 Å². The molecule has 0 aromatic heterocycles. The van der Waals surface area contributed by atoms with Crippen LogP contribution in [0.1, 0.15) is 6.42 Å². The second-order valence-corrected chi connectivity index (χ2v) is 4.41. The molecule has 1 aromatic carbocycles. The maximum Gasteiger partial charge on any atom is 0.313 e. The number of anilines is 1. The summed E-state index contributed by atoms with van der Waals surface area (Å²) in [7, 11) is 1.46. The molecule has 124 valence electrons. The van der Waals surface area contributed by atoms with E-state index < -0.39 is 42.7 Å². The Labute approximate surface area is 130 Å². The van der Waals surface area contributed by atoms with Gasteiger partial charge in [-0.3, -0.25) is 19.2 Å². The predicted molar refractivity (Wildman–Crippen MR) is 76.8 cm³/mol.